The van der Waals surface area contributed by atoms with Crippen LogP contribution in [0.3, 0.4) is 0 Å². The summed E-state index contributed by atoms with van der Waals surface area (Å²) in [6.07, 6.45) is 4.05. The van der Waals surface area contributed by atoms with E-state index in [0.717, 1.165) is 25.7 Å². The van der Waals surface area contributed by atoms with Crippen LogP contribution in [0.2, 0.25) is 0 Å². The molecule has 0 saturated heterocycles. The maximum absolute atomic E-state index is 10.4. The molecule has 0 aliphatic rings. The van der Waals surface area contributed by atoms with Crippen molar-refractivity contribution in [3.8, 4) is 0 Å². The Bertz CT molecular complexity index is 113. The Balaban J connectivity index is 3.59. The zero-order valence-corrected chi connectivity index (χ0v) is 7.99. The second-order valence-electron chi connectivity index (χ2n) is 2.64. The van der Waals surface area contributed by atoms with Crippen molar-refractivity contribution in [1.82, 2.24) is 4.72 Å². The van der Waals surface area contributed by atoms with E-state index in [1.165, 1.54) is 0 Å². The van der Waals surface area contributed by atoms with Gasteiger partial charge >= 0.3 is 0 Å². The summed E-state index contributed by atoms with van der Waals surface area (Å²) in [4.78, 5) is 0. The molecule has 0 radical (unpaired) electrons. The average Bonchev–Trinajstić information content (AvgIpc) is 1.87. The fourth-order valence-corrected chi connectivity index (χ4v) is 1.62. The Labute approximate surface area is 71.0 Å². The van der Waals surface area contributed by atoms with E-state index in [0.29, 0.717) is 0 Å². The quantitative estimate of drug-likeness (QED) is 0.609. The van der Waals surface area contributed by atoms with Crippen LogP contribution in [0, 0.1) is 0 Å². The Morgan fingerprint density at radius 3 is 2.09 bits per heavy atom. The molecule has 0 amide bonds. The molecule has 0 saturated carbocycles. The van der Waals surface area contributed by atoms with Gasteiger partial charge in [0.1, 0.15) is 0 Å². The van der Waals surface area contributed by atoms with E-state index in [9.17, 15) is 4.21 Å². The molecule has 68 valence electrons. The lowest BCUT2D eigenvalue weighted by molar-refractivity contribution is 0.481. The molecular weight excluding hydrogens is 162 g/mol. The van der Waals surface area contributed by atoms with E-state index in [2.05, 4.69) is 18.6 Å². The second-order valence-corrected chi connectivity index (χ2v) is 3.38. The van der Waals surface area contributed by atoms with Crippen LogP contribution in [0.25, 0.3) is 0 Å². The first kappa shape index (κ1) is 11.1. The summed E-state index contributed by atoms with van der Waals surface area (Å²) in [6.45, 7) is 4.15. The van der Waals surface area contributed by atoms with Gasteiger partial charge in [-0.1, -0.05) is 26.7 Å². The summed E-state index contributed by atoms with van der Waals surface area (Å²) in [5.74, 6) is 0. The van der Waals surface area contributed by atoms with Crippen molar-refractivity contribution in [2.45, 2.75) is 45.6 Å². The minimum atomic E-state index is -1.85. The molecule has 0 aromatic rings. The van der Waals surface area contributed by atoms with E-state index >= 15 is 0 Å². The third kappa shape index (κ3) is 6.47. The highest BCUT2D eigenvalue weighted by molar-refractivity contribution is 7.77. The lowest BCUT2D eigenvalue weighted by Crippen LogP contribution is -2.30. The van der Waals surface area contributed by atoms with Crippen LogP contribution >= 0.6 is 0 Å². The molecule has 2 N–H and O–H groups in total. The summed E-state index contributed by atoms with van der Waals surface area (Å²) in [7, 11) is 0. The molecule has 4 heteroatoms. The molecule has 0 aromatic carbocycles. The topological polar surface area (TPSA) is 49.3 Å². The van der Waals surface area contributed by atoms with Crippen molar-refractivity contribution >= 4 is 11.3 Å². The van der Waals surface area contributed by atoms with Gasteiger partial charge in [-0.05, 0) is 12.8 Å². The highest BCUT2D eigenvalue weighted by atomic mass is 32.2. The summed E-state index contributed by atoms with van der Waals surface area (Å²) in [5.41, 5.74) is 0. The van der Waals surface area contributed by atoms with Crippen LogP contribution in [-0.2, 0) is 11.3 Å². The van der Waals surface area contributed by atoms with Crippen LogP contribution in [0.5, 0.6) is 0 Å². The van der Waals surface area contributed by atoms with Crippen molar-refractivity contribution in [2.24, 2.45) is 0 Å². The van der Waals surface area contributed by atoms with Crippen LogP contribution in [0.1, 0.15) is 39.5 Å². The molecule has 0 fully saturated rings. The summed E-state index contributed by atoms with van der Waals surface area (Å²) < 4.78 is 21.5. The molecule has 0 aliphatic heterocycles. The number of nitrogens with one attached hydrogen (secondary N) is 1. The molecule has 3 nitrogen and oxygen atoms in total. The first-order valence-electron chi connectivity index (χ1n) is 4.07. The first-order chi connectivity index (χ1) is 5.20. The molecule has 1 unspecified atom stereocenters. The summed E-state index contributed by atoms with van der Waals surface area (Å²) in [6, 6.07) is 0.204. The lowest BCUT2D eigenvalue weighted by Gasteiger charge is -2.13. The third-order valence-electron chi connectivity index (χ3n) is 1.54. The van der Waals surface area contributed by atoms with E-state index in [4.69, 9.17) is 4.55 Å². The Morgan fingerprint density at radius 1 is 1.36 bits per heavy atom. The van der Waals surface area contributed by atoms with Gasteiger partial charge in [0.15, 0.2) is 0 Å². The Kier molecular flexibility index (Phi) is 6.80. The molecular formula is C7H17NO2S. The largest absolute Gasteiger partial charge is 0.294 e. The molecule has 0 aromatic heterocycles. The predicted octanol–water partition coefficient (Wildman–Crippen LogP) is 1.68. The van der Waals surface area contributed by atoms with Crippen molar-refractivity contribution in [1.29, 1.82) is 0 Å². The van der Waals surface area contributed by atoms with Gasteiger partial charge in [0.05, 0.1) is 0 Å². The summed E-state index contributed by atoms with van der Waals surface area (Å²) in [5, 5.41) is 0. The van der Waals surface area contributed by atoms with Crippen molar-refractivity contribution in [3.05, 3.63) is 0 Å². The Morgan fingerprint density at radius 2 is 1.82 bits per heavy atom. The van der Waals surface area contributed by atoms with E-state index < -0.39 is 11.3 Å². The minimum absolute atomic E-state index is 0.204. The molecule has 0 bridgehead atoms. The van der Waals surface area contributed by atoms with Crippen molar-refractivity contribution < 1.29 is 8.76 Å². The average molecular weight is 179 g/mol. The normalized spacial score (nSPS) is 13.8. The fraction of sp³-hybridized carbons (Fsp3) is 1.00. The van der Waals surface area contributed by atoms with Crippen LogP contribution < -0.4 is 4.72 Å². The number of rotatable bonds is 6. The first-order valence-corrected chi connectivity index (χ1v) is 5.18. The van der Waals surface area contributed by atoms with Crippen molar-refractivity contribution in [2.75, 3.05) is 0 Å². The standard InChI is InChI=1S/C7H17NO2S/c1-3-5-7(6-4-2)8-11(9)10/h7-8H,3-6H2,1-2H3,(H,9,10). The molecule has 0 heterocycles. The van der Waals surface area contributed by atoms with E-state index in [1.54, 1.807) is 0 Å². The van der Waals surface area contributed by atoms with Gasteiger partial charge in [-0.3, -0.25) is 4.55 Å². The monoisotopic (exact) mass is 179 g/mol. The van der Waals surface area contributed by atoms with Crippen LogP contribution in [-0.4, -0.2) is 14.8 Å². The van der Waals surface area contributed by atoms with Gasteiger partial charge in [0, 0.05) is 6.04 Å². The SMILES string of the molecule is CCCC(CCC)NS(=O)O. The smallest absolute Gasteiger partial charge is 0.231 e. The second kappa shape index (κ2) is 6.76. The maximum atomic E-state index is 10.4. The van der Waals surface area contributed by atoms with Crippen LogP contribution in [0.15, 0.2) is 0 Å². The van der Waals surface area contributed by atoms with Gasteiger partial charge in [-0.2, -0.15) is 0 Å². The van der Waals surface area contributed by atoms with Gasteiger partial charge in [-0.25, -0.2) is 8.93 Å². The number of hydrogen-bond donors (Lipinski definition) is 2. The van der Waals surface area contributed by atoms with Gasteiger partial charge in [0.25, 0.3) is 0 Å². The van der Waals surface area contributed by atoms with E-state index in [1.807, 2.05) is 0 Å². The molecule has 0 rings (SSSR count). The maximum Gasteiger partial charge on any atom is 0.231 e. The summed E-state index contributed by atoms with van der Waals surface area (Å²) >= 11 is -1.85. The van der Waals surface area contributed by atoms with Gasteiger partial charge in [-0.15, -0.1) is 0 Å². The fourth-order valence-electron chi connectivity index (χ4n) is 1.10. The molecule has 11 heavy (non-hydrogen) atoms. The van der Waals surface area contributed by atoms with Crippen molar-refractivity contribution in [3.63, 3.8) is 0 Å². The number of hydrogen-bond acceptors (Lipinski definition) is 1. The third-order valence-corrected chi connectivity index (χ3v) is 2.08. The zero-order valence-electron chi connectivity index (χ0n) is 7.17. The Hall–Kier alpha value is 0.0700. The van der Waals surface area contributed by atoms with Gasteiger partial charge < -0.3 is 0 Å². The van der Waals surface area contributed by atoms with E-state index in [-0.39, 0.29) is 6.04 Å². The minimum Gasteiger partial charge on any atom is -0.294 e. The van der Waals surface area contributed by atoms with Gasteiger partial charge in [0.2, 0.25) is 11.3 Å². The van der Waals surface area contributed by atoms with Crippen LogP contribution in [0.4, 0.5) is 0 Å². The molecule has 1 atom stereocenters. The molecule has 0 aliphatic carbocycles. The highest BCUT2D eigenvalue weighted by Gasteiger charge is 2.07. The zero-order chi connectivity index (χ0) is 8.69. The molecule has 0 spiro atoms. The lowest BCUT2D eigenvalue weighted by atomic mass is 10.1. The predicted molar refractivity (Wildman–Crippen MR) is 47.5 cm³/mol. The highest BCUT2D eigenvalue weighted by Crippen LogP contribution is 2.04.